The standard InChI is InChI=1S/C19H13F5N2O3S/c1-2-13(17(28)29)26-14-8-11(20)7-12(21)15(14)30-18(26)25-16(27)9-4-3-5-10(6-9)19(22,23)24/h3-8,13H,2H2,1H3,(H,28,29). The lowest BCUT2D eigenvalue weighted by Gasteiger charge is -2.13. The molecule has 0 radical (unpaired) electrons. The molecule has 3 rings (SSSR count). The number of fused-ring (bicyclic) bond motifs is 1. The molecule has 3 aromatic rings. The topological polar surface area (TPSA) is 71.7 Å². The van der Waals surface area contributed by atoms with Gasteiger partial charge < -0.3 is 9.67 Å². The van der Waals surface area contributed by atoms with Crippen LogP contribution in [0, 0.1) is 11.6 Å². The first kappa shape index (κ1) is 21.6. The molecule has 1 amide bonds. The molecule has 11 heteroatoms. The quantitative estimate of drug-likeness (QED) is 0.589. The van der Waals surface area contributed by atoms with Crippen molar-refractivity contribution in [3.63, 3.8) is 0 Å². The predicted molar refractivity (Wildman–Crippen MR) is 98.0 cm³/mol. The van der Waals surface area contributed by atoms with Crippen molar-refractivity contribution in [2.24, 2.45) is 4.99 Å². The molecule has 0 fully saturated rings. The number of nitrogens with zero attached hydrogens (tertiary/aromatic N) is 2. The first-order valence-electron chi connectivity index (χ1n) is 8.52. The summed E-state index contributed by atoms with van der Waals surface area (Å²) < 4.78 is 67.5. The van der Waals surface area contributed by atoms with Gasteiger partial charge in [0.05, 0.1) is 15.8 Å². The molecule has 5 nitrogen and oxygen atoms in total. The van der Waals surface area contributed by atoms with Gasteiger partial charge in [0.2, 0.25) is 0 Å². The molecule has 0 spiro atoms. The van der Waals surface area contributed by atoms with E-state index < -0.39 is 41.3 Å². The third-order valence-electron chi connectivity index (χ3n) is 4.27. The average molecular weight is 444 g/mol. The summed E-state index contributed by atoms with van der Waals surface area (Å²) in [7, 11) is 0. The first-order chi connectivity index (χ1) is 14.0. The van der Waals surface area contributed by atoms with Crippen molar-refractivity contribution >= 4 is 33.4 Å². The number of carboxylic acids is 1. The molecule has 2 aromatic carbocycles. The Morgan fingerprint density at radius 3 is 2.50 bits per heavy atom. The van der Waals surface area contributed by atoms with Gasteiger partial charge in [0, 0.05) is 11.6 Å². The molecule has 1 atom stereocenters. The smallest absolute Gasteiger partial charge is 0.416 e. The van der Waals surface area contributed by atoms with E-state index in [2.05, 4.69) is 4.99 Å². The maximum atomic E-state index is 14.2. The summed E-state index contributed by atoms with van der Waals surface area (Å²) in [6.07, 6.45) is -4.67. The Hall–Kier alpha value is -3.08. The summed E-state index contributed by atoms with van der Waals surface area (Å²) >= 11 is 0.601. The molecule has 1 heterocycles. The molecular weight excluding hydrogens is 431 g/mol. The number of aromatic nitrogens is 1. The van der Waals surface area contributed by atoms with E-state index in [4.69, 9.17) is 0 Å². The largest absolute Gasteiger partial charge is 0.480 e. The van der Waals surface area contributed by atoms with Crippen LogP contribution < -0.4 is 4.80 Å². The summed E-state index contributed by atoms with van der Waals surface area (Å²) in [5.74, 6) is -4.34. The molecule has 30 heavy (non-hydrogen) atoms. The van der Waals surface area contributed by atoms with E-state index >= 15 is 0 Å². The Morgan fingerprint density at radius 2 is 1.90 bits per heavy atom. The second-order valence-electron chi connectivity index (χ2n) is 6.25. The molecule has 1 unspecified atom stereocenters. The maximum absolute atomic E-state index is 14.2. The Labute approximate surface area is 169 Å². The second-order valence-corrected chi connectivity index (χ2v) is 7.23. The maximum Gasteiger partial charge on any atom is 0.416 e. The van der Waals surface area contributed by atoms with Crippen molar-refractivity contribution < 1.29 is 36.6 Å². The van der Waals surface area contributed by atoms with Crippen LogP contribution in [0.4, 0.5) is 22.0 Å². The molecule has 0 aliphatic carbocycles. The lowest BCUT2D eigenvalue weighted by molar-refractivity contribution is -0.141. The summed E-state index contributed by atoms with van der Waals surface area (Å²) in [6, 6.07) is 3.76. The van der Waals surface area contributed by atoms with Gasteiger partial charge in [0.1, 0.15) is 17.7 Å². The second kappa shape index (κ2) is 7.98. The number of carbonyl (C=O) groups excluding carboxylic acids is 1. The number of alkyl halides is 3. The number of benzene rings is 2. The Bertz CT molecular complexity index is 1210. The van der Waals surface area contributed by atoms with Crippen molar-refractivity contribution in [3.05, 3.63) is 64.0 Å². The fraction of sp³-hybridized carbons (Fsp3) is 0.211. The van der Waals surface area contributed by atoms with E-state index in [1.165, 1.54) is 6.92 Å². The van der Waals surface area contributed by atoms with E-state index in [1.807, 2.05) is 0 Å². The zero-order valence-electron chi connectivity index (χ0n) is 15.2. The number of amides is 1. The minimum Gasteiger partial charge on any atom is -0.480 e. The molecule has 0 aliphatic rings. The van der Waals surface area contributed by atoms with Gasteiger partial charge in [-0.15, -0.1) is 0 Å². The van der Waals surface area contributed by atoms with Gasteiger partial charge in [-0.2, -0.15) is 18.2 Å². The Balaban J connectivity index is 2.25. The minimum atomic E-state index is -4.68. The number of thiazole rings is 1. The molecule has 0 aliphatic heterocycles. The van der Waals surface area contributed by atoms with E-state index in [-0.39, 0.29) is 27.0 Å². The monoisotopic (exact) mass is 444 g/mol. The highest BCUT2D eigenvalue weighted by atomic mass is 32.1. The van der Waals surface area contributed by atoms with Crippen molar-refractivity contribution in [2.45, 2.75) is 25.6 Å². The molecule has 0 bridgehead atoms. The third-order valence-corrected chi connectivity index (χ3v) is 5.34. The highest BCUT2D eigenvalue weighted by Gasteiger charge is 2.31. The van der Waals surface area contributed by atoms with Crippen LogP contribution in [0.3, 0.4) is 0 Å². The van der Waals surface area contributed by atoms with Crippen LogP contribution in [0.1, 0.15) is 35.3 Å². The van der Waals surface area contributed by atoms with Crippen molar-refractivity contribution in [2.75, 3.05) is 0 Å². The molecule has 0 saturated heterocycles. The number of hydrogen-bond acceptors (Lipinski definition) is 3. The van der Waals surface area contributed by atoms with Crippen molar-refractivity contribution in [3.8, 4) is 0 Å². The van der Waals surface area contributed by atoms with Crippen LogP contribution in [0.25, 0.3) is 10.2 Å². The fourth-order valence-electron chi connectivity index (χ4n) is 2.90. The summed E-state index contributed by atoms with van der Waals surface area (Å²) in [4.78, 5) is 27.6. The highest BCUT2D eigenvalue weighted by molar-refractivity contribution is 7.16. The number of aliphatic carboxylic acids is 1. The SMILES string of the molecule is CCC(C(=O)O)n1c(=NC(=O)c2cccc(C(F)(F)F)c2)sc2c(F)cc(F)cc21. The van der Waals surface area contributed by atoms with Crippen LogP contribution in [-0.4, -0.2) is 21.6 Å². The number of carboxylic acid groups (broad SMARTS) is 1. The third kappa shape index (κ3) is 4.11. The normalized spacial score (nSPS) is 13.6. The summed E-state index contributed by atoms with van der Waals surface area (Å²) in [5, 5.41) is 9.49. The Kier molecular flexibility index (Phi) is 5.75. The van der Waals surface area contributed by atoms with Crippen molar-refractivity contribution in [1.82, 2.24) is 4.57 Å². The van der Waals surface area contributed by atoms with Gasteiger partial charge in [-0.25, -0.2) is 13.6 Å². The molecule has 158 valence electrons. The number of halogens is 5. The van der Waals surface area contributed by atoms with Crippen LogP contribution in [-0.2, 0) is 11.0 Å². The fourth-order valence-corrected chi connectivity index (χ4v) is 3.95. The number of rotatable bonds is 4. The van der Waals surface area contributed by atoms with E-state index in [0.29, 0.717) is 23.5 Å². The van der Waals surface area contributed by atoms with E-state index in [0.717, 1.165) is 28.8 Å². The van der Waals surface area contributed by atoms with Crippen LogP contribution in [0.2, 0.25) is 0 Å². The summed E-state index contributed by atoms with van der Waals surface area (Å²) in [6.45, 7) is 1.52. The average Bonchev–Trinajstić information content (AvgIpc) is 3.00. The van der Waals surface area contributed by atoms with Gasteiger partial charge in [0.15, 0.2) is 4.80 Å². The lowest BCUT2D eigenvalue weighted by atomic mass is 10.1. The Morgan fingerprint density at radius 1 is 1.20 bits per heavy atom. The van der Waals surface area contributed by atoms with E-state index in [9.17, 15) is 36.6 Å². The highest BCUT2D eigenvalue weighted by Crippen LogP contribution is 2.30. The van der Waals surface area contributed by atoms with Crippen LogP contribution in [0.5, 0.6) is 0 Å². The molecular formula is C19H13F5N2O3S. The first-order valence-corrected chi connectivity index (χ1v) is 9.33. The van der Waals surface area contributed by atoms with Gasteiger partial charge >= 0.3 is 12.1 Å². The molecule has 1 N–H and O–H groups in total. The van der Waals surface area contributed by atoms with Gasteiger partial charge in [-0.3, -0.25) is 4.79 Å². The molecule has 1 aromatic heterocycles. The van der Waals surface area contributed by atoms with Gasteiger partial charge in [-0.1, -0.05) is 24.3 Å². The van der Waals surface area contributed by atoms with Crippen LogP contribution in [0.15, 0.2) is 41.4 Å². The zero-order chi connectivity index (χ0) is 22.2. The zero-order valence-corrected chi connectivity index (χ0v) is 16.0. The number of hydrogen-bond donors (Lipinski definition) is 1. The molecule has 0 saturated carbocycles. The summed E-state index contributed by atoms with van der Waals surface area (Å²) in [5.41, 5.74) is -1.57. The minimum absolute atomic E-state index is 0.00420. The van der Waals surface area contributed by atoms with Crippen LogP contribution >= 0.6 is 11.3 Å². The van der Waals surface area contributed by atoms with Gasteiger partial charge in [-0.05, 0) is 30.7 Å². The predicted octanol–water partition coefficient (Wildman–Crippen LogP) is 4.78. The van der Waals surface area contributed by atoms with Gasteiger partial charge in [0.25, 0.3) is 5.91 Å². The van der Waals surface area contributed by atoms with Crippen molar-refractivity contribution in [1.29, 1.82) is 0 Å². The van der Waals surface area contributed by atoms with E-state index in [1.54, 1.807) is 0 Å². The lowest BCUT2D eigenvalue weighted by Crippen LogP contribution is -2.27. The number of carbonyl (C=O) groups is 2.